The molecule has 0 radical (unpaired) electrons. The van der Waals surface area contributed by atoms with E-state index in [4.69, 9.17) is 14.2 Å². The molecule has 0 aromatic heterocycles. The minimum Gasteiger partial charge on any atom is -0.462 e. The van der Waals surface area contributed by atoms with Crippen LogP contribution in [0.25, 0.3) is 0 Å². The fraction of sp³-hybridized carbons (Fsp3) is 0.881. The van der Waals surface area contributed by atoms with Gasteiger partial charge >= 0.3 is 17.9 Å². The van der Waals surface area contributed by atoms with E-state index in [-0.39, 0.29) is 31.1 Å². The normalized spacial score (nSPS) is 12.1. The third kappa shape index (κ3) is 52.7. The highest BCUT2D eigenvalue weighted by Gasteiger charge is 2.19. The predicted molar refractivity (Wildman–Crippen MR) is 279 cm³/mol. The second-order valence-corrected chi connectivity index (χ2v) is 19.6. The summed E-state index contributed by atoms with van der Waals surface area (Å²) in [4.78, 5) is 37.9. The van der Waals surface area contributed by atoms with Crippen LogP contribution in [0.5, 0.6) is 0 Å². The van der Waals surface area contributed by atoms with E-state index in [2.05, 4.69) is 45.1 Å². The Bertz CT molecular complexity index is 1050. The lowest BCUT2D eigenvalue weighted by molar-refractivity contribution is -0.167. The molecule has 0 aromatic rings. The van der Waals surface area contributed by atoms with Crippen molar-refractivity contribution >= 4 is 17.9 Å². The number of hydrogen-bond acceptors (Lipinski definition) is 6. The summed E-state index contributed by atoms with van der Waals surface area (Å²) in [6.45, 7) is 6.63. The Labute approximate surface area is 404 Å². The zero-order valence-corrected chi connectivity index (χ0v) is 43.8. The van der Waals surface area contributed by atoms with Gasteiger partial charge in [0.15, 0.2) is 6.10 Å². The Hall–Kier alpha value is -2.11. The van der Waals surface area contributed by atoms with E-state index in [1.165, 1.54) is 218 Å². The highest BCUT2D eigenvalue weighted by molar-refractivity contribution is 5.71. The van der Waals surface area contributed by atoms with Crippen molar-refractivity contribution in [3.05, 3.63) is 24.3 Å². The molecule has 0 aromatic carbocycles. The molecule has 1 unspecified atom stereocenters. The van der Waals surface area contributed by atoms with Crippen molar-refractivity contribution in [1.82, 2.24) is 0 Å². The molecular weight excluding hydrogens is 805 g/mol. The van der Waals surface area contributed by atoms with Gasteiger partial charge in [0.05, 0.1) is 0 Å². The minimum atomic E-state index is -0.768. The second-order valence-electron chi connectivity index (χ2n) is 19.6. The summed E-state index contributed by atoms with van der Waals surface area (Å²) in [6.07, 6.45) is 63.3. The second kappa shape index (κ2) is 54.5. The molecule has 382 valence electrons. The summed E-state index contributed by atoms with van der Waals surface area (Å²) in [7, 11) is 0. The first-order valence-corrected chi connectivity index (χ1v) is 28.8. The van der Waals surface area contributed by atoms with Gasteiger partial charge in [0.25, 0.3) is 0 Å². The van der Waals surface area contributed by atoms with Gasteiger partial charge in [-0.2, -0.15) is 0 Å². The quantitative estimate of drug-likeness (QED) is 0.0262. The number of unbranched alkanes of at least 4 members (excludes halogenated alkanes) is 38. The van der Waals surface area contributed by atoms with Crippen molar-refractivity contribution in [1.29, 1.82) is 0 Å². The van der Waals surface area contributed by atoms with E-state index < -0.39 is 6.10 Å². The molecule has 65 heavy (non-hydrogen) atoms. The fourth-order valence-electron chi connectivity index (χ4n) is 8.55. The van der Waals surface area contributed by atoms with Gasteiger partial charge in [0.1, 0.15) is 13.2 Å². The van der Waals surface area contributed by atoms with Crippen LogP contribution in [0, 0.1) is 0 Å². The molecule has 0 rings (SSSR count). The maximum atomic E-state index is 12.8. The molecule has 0 heterocycles. The Balaban J connectivity index is 4.16. The number of hydrogen-bond donors (Lipinski definition) is 0. The average molecular weight is 916 g/mol. The van der Waals surface area contributed by atoms with Crippen LogP contribution in [0.1, 0.15) is 316 Å². The van der Waals surface area contributed by atoms with Crippen LogP contribution in [0.2, 0.25) is 0 Å². The number of carbonyl (C=O) groups excluding carboxylic acids is 3. The first-order valence-electron chi connectivity index (χ1n) is 28.8. The molecule has 6 heteroatoms. The van der Waals surface area contributed by atoms with E-state index in [0.717, 1.165) is 57.8 Å². The first kappa shape index (κ1) is 62.9. The lowest BCUT2D eigenvalue weighted by atomic mass is 10.1. The smallest absolute Gasteiger partial charge is 0.306 e. The molecule has 0 saturated carbocycles. The number of allylic oxidation sites excluding steroid dienone is 4. The topological polar surface area (TPSA) is 78.9 Å². The largest absolute Gasteiger partial charge is 0.462 e. The van der Waals surface area contributed by atoms with Crippen molar-refractivity contribution < 1.29 is 28.6 Å². The van der Waals surface area contributed by atoms with E-state index >= 15 is 0 Å². The summed E-state index contributed by atoms with van der Waals surface area (Å²) in [6, 6.07) is 0. The molecule has 0 saturated heterocycles. The Morgan fingerprint density at radius 1 is 0.292 bits per heavy atom. The highest BCUT2D eigenvalue weighted by atomic mass is 16.6. The summed E-state index contributed by atoms with van der Waals surface area (Å²) in [5.41, 5.74) is 0. The Morgan fingerprint density at radius 3 is 0.769 bits per heavy atom. The SMILES string of the molecule is CCCCCCCC/C=C\CCCCCCCCCCCC(=O)OC(COC(=O)CCCCCCCCC)COC(=O)CCCCCCCCCCC/C=C\CCCCCCCCCC. The molecule has 0 spiro atoms. The highest BCUT2D eigenvalue weighted by Crippen LogP contribution is 2.16. The zero-order chi connectivity index (χ0) is 47.2. The third-order valence-electron chi connectivity index (χ3n) is 12.9. The number of ether oxygens (including phenoxy) is 3. The Kier molecular flexibility index (Phi) is 52.7. The minimum absolute atomic E-state index is 0.0696. The summed E-state index contributed by atoms with van der Waals surface area (Å²) < 4.78 is 16.8. The van der Waals surface area contributed by atoms with Crippen LogP contribution in [-0.2, 0) is 28.6 Å². The van der Waals surface area contributed by atoms with Gasteiger partial charge in [-0.15, -0.1) is 0 Å². The van der Waals surface area contributed by atoms with Crippen LogP contribution in [0.3, 0.4) is 0 Å². The first-order chi connectivity index (χ1) is 32.0. The molecule has 0 bridgehead atoms. The van der Waals surface area contributed by atoms with Gasteiger partial charge in [0.2, 0.25) is 0 Å². The van der Waals surface area contributed by atoms with Crippen molar-refractivity contribution in [2.45, 2.75) is 322 Å². The maximum absolute atomic E-state index is 12.8. The van der Waals surface area contributed by atoms with Gasteiger partial charge in [-0.25, -0.2) is 0 Å². The van der Waals surface area contributed by atoms with E-state index in [9.17, 15) is 14.4 Å². The van der Waals surface area contributed by atoms with Crippen molar-refractivity contribution in [2.24, 2.45) is 0 Å². The van der Waals surface area contributed by atoms with E-state index in [0.29, 0.717) is 19.3 Å². The Morgan fingerprint density at radius 2 is 0.508 bits per heavy atom. The summed E-state index contributed by atoms with van der Waals surface area (Å²) >= 11 is 0. The van der Waals surface area contributed by atoms with E-state index in [1.54, 1.807) is 0 Å². The average Bonchev–Trinajstić information content (AvgIpc) is 3.30. The van der Waals surface area contributed by atoms with Crippen LogP contribution in [0.15, 0.2) is 24.3 Å². The molecule has 6 nitrogen and oxygen atoms in total. The maximum Gasteiger partial charge on any atom is 0.306 e. The summed E-state index contributed by atoms with van der Waals surface area (Å²) in [5.74, 6) is -0.863. The van der Waals surface area contributed by atoms with Crippen molar-refractivity contribution in [3.63, 3.8) is 0 Å². The standard InChI is InChI=1S/C59H110O6/c1-4-7-10-13-16-18-20-22-24-26-28-29-31-32-34-36-38-40-43-46-49-52-58(61)64-55-56(54-63-57(60)51-48-45-42-15-12-9-6-3)65-59(62)53-50-47-44-41-39-37-35-33-30-27-25-23-21-19-17-14-11-8-5-2/h23,25-26,28,56H,4-22,24,27,29-55H2,1-3H3/b25-23-,28-26-. The van der Waals surface area contributed by atoms with Gasteiger partial charge in [-0.1, -0.05) is 251 Å². The third-order valence-corrected chi connectivity index (χ3v) is 12.9. The zero-order valence-electron chi connectivity index (χ0n) is 43.8. The molecule has 0 amide bonds. The van der Waals surface area contributed by atoms with Crippen LogP contribution < -0.4 is 0 Å². The molecular formula is C59H110O6. The lowest BCUT2D eigenvalue weighted by Gasteiger charge is -2.18. The monoisotopic (exact) mass is 915 g/mol. The lowest BCUT2D eigenvalue weighted by Crippen LogP contribution is -2.30. The van der Waals surface area contributed by atoms with Crippen LogP contribution in [0.4, 0.5) is 0 Å². The van der Waals surface area contributed by atoms with Crippen LogP contribution in [-0.4, -0.2) is 37.2 Å². The van der Waals surface area contributed by atoms with E-state index in [1.807, 2.05) is 0 Å². The van der Waals surface area contributed by atoms with Gasteiger partial charge < -0.3 is 14.2 Å². The number of carbonyl (C=O) groups is 3. The summed E-state index contributed by atoms with van der Waals surface area (Å²) in [5, 5.41) is 0. The molecule has 0 N–H and O–H groups in total. The predicted octanol–water partition coefficient (Wildman–Crippen LogP) is 19.1. The molecule has 0 fully saturated rings. The van der Waals surface area contributed by atoms with Gasteiger partial charge in [-0.05, 0) is 70.6 Å². The fourth-order valence-corrected chi connectivity index (χ4v) is 8.55. The molecule has 0 aliphatic heterocycles. The number of rotatable bonds is 53. The van der Waals surface area contributed by atoms with Gasteiger partial charge in [-0.3, -0.25) is 14.4 Å². The van der Waals surface area contributed by atoms with Crippen LogP contribution >= 0.6 is 0 Å². The molecule has 0 aliphatic carbocycles. The van der Waals surface area contributed by atoms with Crippen molar-refractivity contribution in [3.8, 4) is 0 Å². The number of esters is 3. The van der Waals surface area contributed by atoms with Gasteiger partial charge in [0, 0.05) is 19.3 Å². The van der Waals surface area contributed by atoms with Crippen molar-refractivity contribution in [2.75, 3.05) is 13.2 Å². The molecule has 0 aliphatic rings. The molecule has 1 atom stereocenters.